The van der Waals surface area contributed by atoms with E-state index in [0.717, 1.165) is 0 Å². The van der Waals surface area contributed by atoms with Crippen LogP contribution in [0, 0.1) is 0 Å². The Morgan fingerprint density at radius 3 is 2.87 bits per heavy atom. The van der Waals surface area contributed by atoms with Crippen molar-refractivity contribution in [1.29, 1.82) is 0 Å². The zero-order chi connectivity index (χ0) is 11.3. The fraction of sp³-hybridized carbons (Fsp3) is 0.300. The summed E-state index contributed by atoms with van der Waals surface area (Å²) in [5.41, 5.74) is 0.391. The highest BCUT2D eigenvalue weighted by atomic mass is 32.2. The molecule has 1 rings (SSSR count). The Kier molecular flexibility index (Phi) is 4.55. The Hall–Kier alpha value is -1.10. The molecular formula is C10H10F2O2S. The van der Waals surface area contributed by atoms with Gasteiger partial charge in [-0.2, -0.15) is 20.5 Å². The molecule has 15 heavy (non-hydrogen) atoms. The Bertz CT molecular complexity index is 342. The normalized spacial score (nSPS) is 10.4. The molecule has 82 valence electrons. The second-order valence-corrected chi connectivity index (χ2v) is 3.63. The highest BCUT2D eigenvalue weighted by Gasteiger charge is 2.08. The summed E-state index contributed by atoms with van der Waals surface area (Å²) in [6.45, 7) is -2.86. The summed E-state index contributed by atoms with van der Waals surface area (Å²) in [5.74, 6) is 0.247. The first-order chi connectivity index (χ1) is 7.13. The number of rotatable bonds is 5. The van der Waals surface area contributed by atoms with Gasteiger partial charge in [-0.05, 0) is 18.4 Å². The van der Waals surface area contributed by atoms with Crippen LogP contribution < -0.4 is 4.74 Å². The molecule has 0 unspecified atom stereocenters. The number of thioether (sulfide) groups is 1. The van der Waals surface area contributed by atoms with Crippen molar-refractivity contribution < 1.29 is 18.3 Å². The van der Waals surface area contributed by atoms with Crippen LogP contribution in [0.25, 0.3) is 0 Å². The van der Waals surface area contributed by atoms with Crippen molar-refractivity contribution >= 4 is 17.5 Å². The number of carbonyl (C=O) groups is 1. The summed E-state index contributed by atoms with van der Waals surface area (Å²) in [4.78, 5) is 11.4. The third-order valence-electron chi connectivity index (χ3n) is 1.66. The smallest absolute Gasteiger partial charge is 0.387 e. The highest BCUT2D eigenvalue weighted by molar-refractivity contribution is 7.99. The second kappa shape index (κ2) is 5.70. The third kappa shape index (κ3) is 3.87. The van der Waals surface area contributed by atoms with E-state index in [2.05, 4.69) is 4.74 Å². The van der Waals surface area contributed by atoms with Gasteiger partial charge in [-0.25, -0.2) is 0 Å². The van der Waals surface area contributed by atoms with E-state index in [1.54, 1.807) is 12.3 Å². The Labute approximate surface area is 90.6 Å². The summed E-state index contributed by atoms with van der Waals surface area (Å²) in [6, 6.07) is 5.81. The van der Waals surface area contributed by atoms with Gasteiger partial charge in [-0.15, -0.1) is 0 Å². The van der Waals surface area contributed by atoms with Crippen molar-refractivity contribution in [3.8, 4) is 5.75 Å². The van der Waals surface area contributed by atoms with Crippen LogP contribution in [0.5, 0.6) is 5.75 Å². The molecule has 0 amide bonds. The SMILES string of the molecule is CSCC(=O)c1cccc(OC(F)F)c1. The molecule has 0 aliphatic heterocycles. The molecule has 0 radical (unpaired) electrons. The van der Waals surface area contributed by atoms with Gasteiger partial charge in [-0.1, -0.05) is 12.1 Å². The molecule has 0 aliphatic carbocycles. The van der Waals surface area contributed by atoms with Crippen molar-refractivity contribution in [2.75, 3.05) is 12.0 Å². The predicted octanol–water partition coefficient (Wildman–Crippen LogP) is 2.83. The topological polar surface area (TPSA) is 26.3 Å². The number of hydrogen-bond acceptors (Lipinski definition) is 3. The fourth-order valence-electron chi connectivity index (χ4n) is 1.06. The number of Topliss-reactive ketones (excluding diaryl/α,β-unsaturated/α-hetero) is 1. The van der Waals surface area contributed by atoms with Crippen molar-refractivity contribution in [2.24, 2.45) is 0 Å². The number of ketones is 1. The van der Waals surface area contributed by atoms with Gasteiger partial charge < -0.3 is 4.74 Å². The molecule has 0 N–H and O–H groups in total. The van der Waals surface area contributed by atoms with E-state index < -0.39 is 6.61 Å². The highest BCUT2D eigenvalue weighted by Crippen LogP contribution is 2.17. The number of hydrogen-bond donors (Lipinski definition) is 0. The van der Waals surface area contributed by atoms with Gasteiger partial charge in [0.2, 0.25) is 0 Å². The lowest BCUT2D eigenvalue weighted by Crippen LogP contribution is -2.05. The van der Waals surface area contributed by atoms with Crippen molar-refractivity contribution in [3.05, 3.63) is 29.8 Å². The van der Waals surface area contributed by atoms with E-state index in [9.17, 15) is 13.6 Å². The maximum Gasteiger partial charge on any atom is 0.387 e. The summed E-state index contributed by atoms with van der Waals surface area (Å²) < 4.78 is 28.0. The number of ether oxygens (including phenoxy) is 1. The number of benzene rings is 1. The third-order valence-corrected chi connectivity index (χ3v) is 2.21. The zero-order valence-electron chi connectivity index (χ0n) is 8.07. The first-order valence-corrected chi connectivity index (χ1v) is 5.60. The van der Waals surface area contributed by atoms with Crippen LogP contribution in [0.4, 0.5) is 8.78 Å². The Morgan fingerprint density at radius 2 is 2.27 bits per heavy atom. The molecule has 0 bridgehead atoms. The first kappa shape index (κ1) is 12.0. The lowest BCUT2D eigenvalue weighted by Gasteiger charge is -2.05. The molecule has 1 aromatic carbocycles. The molecule has 0 fully saturated rings. The average molecular weight is 232 g/mol. The van der Waals surface area contributed by atoms with Gasteiger partial charge in [0.15, 0.2) is 5.78 Å². The van der Waals surface area contributed by atoms with Crippen LogP contribution in [0.15, 0.2) is 24.3 Å². The number of carbonyl (C=O) groups excluding carboxylic acids is 1. The Morgan fingerprint density at radius 1 is 1.53 bits per heavy atom. The van der Waals surface area contributed by atoms with E-state index in [1.165, 1.54) is 30.0 Å². The summed E-state index contributed by atoms with van der Waals surface area (Å²) in [7, 11) is 0. The molecule has 0 aliphatic rings. The second-order valence-electron chi connectivity index (χ2n) is 2.76. The number of halogens is 2. The van der Waals surface area contributed by atoms with Crippen LogP contribution in [-0.4, -0.2) is 24.4 Å². The molecule has 2 nitrogen and oxygen atoms in total. The van der Waals surface area contributed by atoms with Crippen LogP contribution in [0.3, 0.4) is 0 Å². The van der Waals surface area contributed by atoms with Crippen LogP contribution >= 0.6 is 11.8 Å². The van der Waals surface area contributed by atoms with Gasteiger partial charge in [0, 0.05) is 5.56 Å². The molecule has 0 saturated heterocycles. The zero-order valence-corrected chi connectivity index (χ0v) is 8.89. The molecule has 0 spiro atoms. The lowest BCUT2D eigenvalue weighted by molar-refractivity contribution is -0.0498. The van der Waals surface area contributed by atoms with Gasteiger partial charge in [0.05, 0.1) is 5.75 Å². The minimum atomic E-state index is -2.86. The van der Waals surface area contributed by atoms with Crippen molar-refractivity contribution in [2.45, 2.75) is 6.61 Å². The molecule has 0 heterocycles. The molecule has 5 heteroatoms. The van der Waals surface area contributed by atoms with E-state index in [1.807, 2.05) is 0 Å². The Balaban J connectivity index is 2.78. The van der Waals surface area contributed by atoms with Gasteiger partial charge in [-0.3, -0.25) is 4.79 Å². The predicted molar refractivity (Wildman–Crippen MR) is 55.8 cm³/mol. The minimum Gasteiger partial charge on any atom is -0.435 e. The van der Waals surface area contributed by atoms with Gasteiger partial charge in [0.1, 0.15) is 5.75 Å². The summed E-state index contributed by atoms with van der Waals surface area (Å²) >= 11 is 1.39. The van der Waals surface area contributed by atoms with Crippen molar-refractivity contribution in [3.63, 3.8) is 0 Å². The van der Waals surface area contributed by atoms with E-state index in [0.29, 0.717) is 11.3 Å². The molecule has 0 atom stereocenters. The van der Waals surface area contributed by atoms with E-state index in [4.69, 9.17) is 0 Å². The lowest BCUT2D eigenvalue weighted by atomic mass is 10.1. The maximum absolute atomic E-state index is 11.9. The quantitative estimate of drug-likeness (QED) is 0.730. The fourth-order valence-corrected chi connectivity index (χ4v) is 1.49. The van der Waals surface area contributed by atoms with Crippen LogP contribution in [0.2, 0.25) is 0 Å². The number of alkyl halides is 2. The van der Waals surface area contributed by atoms with Gasteiger partial charge in [0.25, 0.3) is 0 Å². The standard InChI is InChI=1S/C10H10F2O2S/c1-15-6-9(13)7-3-2-4-8(5-7)14-10(11)12/h2-5,10H,6H2,1H3. The van der Waals surface area contributed by atoms with E-state index in [-0.39, 0.29) is 11.5 Å². The van der Waals surface area contributed by atoms with Crippen LogP contribution in [-0.2, 0) is 0 Å². The largest absolute Gasteiger partial charge is 0.435 e. The molecule has 0 saturated carbocycles. The molecular weight excluding hydrogens is 222 g/mol. The van der Waals surface area contributed by atoms with Crippen LogP contribution in [0.1, 0.15) is 10.4 Å². The summed E-state index contributed by atoms with van der Waals surface area (Å²) in [6.07, 6.45) is 1.80. The minimum absolute atomic E-state index is 0.0111. The molecule has 0 aromatic heterocycles. The molecule has 1 aromatic rings. The van der Waals surface area contributed by atoms with Gasteiger partial charge >= 0.3 is 6.61 Å². The maximum atomic E-state index is 11.9. The monoisotopic (exact) mass is 232 g/mol. The first-order valence-electron chi connectivity index (χ1n) is 4.20. The average Bonchev–Trinajstić information content (AvgIpc) is 2.17. The van der Waals surface area contributed by atoms with Crippen molar-refractivity contribution in [1.82, 2.24) is 0 Å². The summed E-state index contributed by atoms with van der Waals surface area (Å²) in [5, 5.41) is 0. The van der Waals surface area contributed by atoms with E-state index >= 15 is 0 Å².